The van der Waals surface area contributed by atoms with Crippen molar-refractivity contribution in [1.29, 1.82) is 0 Å². The van der Waals surface area contributed by atoms with E-state index >= 15 is 0 Å². The SMILES string of the molecule is C#CCNCc1nnc(C)n1CCC. The molecule has 0 aliphatic carbocycles. The van der Waals surface area contributed by atoms with Gasteiger partial charge in [0.25, 0.3) is 0 Å². The van der Waals surface area contributed by atoms with Gasteiger partial charge in [0.2, 0.25) is 0 Å². The average molecular weight is 192 g/mol. The molecule has 0 radical (unpaired) electrons. The van der Waals surface area contributed by atoms with Crippen LogP contribution in [0.25, 0.3) is 0 Å². The first kappa shape index (κ1) is 10.7. The molecule has 0 bridgehead atoms. The molecule has 1 aromatic rings. The van der Waals surface area contributed by atoms with Crippen molar-refractivity contribution in [3.8, 4) is 12.3 Å². The lowest BCUT2D eigenvalue weighted by Gasteiger charge is -2.06. The maximum atomic E-state index is 5.14. The van der Waals surface area contributed by atoms with Crippen LogP contribution in [-0.4, -0.2) is 21.3 Å². The Balaban J connectivity index is 2.62. The van der Waals surface area contributed by atoms with Gasteiger partial charge in [0.15, 0.2) is 0 Å². The molecule has 0 aliphatic rings. The Labute approximate surface area is 84.7 Å². The minimum Gasteiger partial charge on any atom is -0.314 e. The molecule has 0 fully saturated rings. The summed E-state index contributed by atoms with van der Waals surface area (Å²) in [6.07, 6.45) is 6.22. The van der Waals surface area contributed by atoms with Crippen LogP contribution >= 0.6 is 0 Å². The molecule has 14 heavy (non-hydrogen) atoms. The molecule has 1 heterocycles. The molecule has 0 atom stereocenters. The fourth-order valence-corrected chi connectivity index (χ4v) is 1.32. The van der Waals surface area contributed by atoms with Gasteiger partial charge < -0.3 is 4.57 Å². The summed E-state index contributed by atoms with van der Waals surface area (Å²) in [7, 11) is 0. The van der Waals surface area contributed by atoms with Crippen LogP contribution in [0.4, 0.5) is 0 Å². The molecular formula is C10H16N4. The van der Waals surface area contributed by atoms with Crippen molar-refractivity contribution in [3.63, 3.8) is 0 Å². The van der Waals surface area contributed by atoms with Crippen LogP contribution in [0.3, 0.4) is 0 Å². The Morgan fingerprint density at radius 2 is 2.29 bits per heavy atom. The quantitative estimate of drug-likeness (QED) is 0.552. The van der Waals surface area contributed by atoms with Gasteiger partial charge in [-0.15, -0.1) is 16.6 Å². The summed E-state index contributed by atoms with van der Waals surface area (Å²) in [5, 5.41) is 11.2. The highest BCUT2D eigenvalue weighted by atomic mass is 15.3. The molecule has 4 nitrogen and oxygen atoms in total. The first-order valence-corrected chi connectivity index (χ1v) is 4.82. The smallest absolute Gasteiger partial charge is 0.147 e. The molecule has 0 spiro atoms. The van der Waals surface area contributed by atoms with Gasteiger partial charge in [-0.2, -0.15) is 0 Å². The van der Waals surface area contributed by atoms with Crippen molar-refractivity contribution in [3.05, 3.63) is 11.6 Å². The molecule has 0 unspecified atom stereocenters. The third kappa shape index (κ3) is 2.57. The second-order valence-corrected chi connectivity index (χ2v) is 3.12. The highest BCUT2D eigenvalue weighted by Crippen LogP contribution is 2.01. The summed E-state index contributed by atoms with van der Waals surface area (Å²) < 4.78 is 2.11. The summed E-state index contributed by atoms with van der Waals surface area (Å²) >= 11 is 0. The number of hydrogen-bond acceptors (Lipinski definition) is 3. The highest BCUT2D eigenvalue weighted by molar-refractivity contribution is 4.95. The van der Waals surface area contributed by atoms with E-state index in [1.54, 1.807) is 0 Å². The number of terminal acetylenes is 1. The maximum absolute atomic E-state index is 5.14. The monoisotopic (exact) mass is 192 g/mol. The molecular weight excluding hydrogens is 176 g/mol. The van der Waals surface area contributed by atoms with Crippen molar-refractivity contribution in [2.45, 2.75) is 33.4 Å². The lowest BCUT2D eigenvalue weighted by molar-refractivity contribution is 0.596. The molecule has 1 N–H and O–H groups in total. The van der Waals surface area contributed by atoms with Crippen LogP contribution in [0, 0.1) is 19.3 Å². The summed E-state index contributed by atoms with van der Waals surface area (Å²) in [4.78, 5) is 0. The summed E-state index contributed by atoms with van der Waals surface area (Å²) in [5.74, 6) is 4.45. The largest absolute Gasteiger partial charge is 0.314 e. The molecule has 0 aromatic carbocycles. The molecule has 1 aromatic heterocycles. The first-order valence-electron chi connectivity index (χ1n) is 4.82. The van der Waals surface area contributed by atoms with Crippen LogP contribution in [0.5, 0.6) is 0 Å². The second-order valence-electron chi connectivity index (χ2n) is 3.12. The van der Waals surface area contributed by atoms with E-state index in [1.807, 2.05) is 6.92 Å². The van der Waals surface area contributed by atoms with Gasteiger partial charge in [-0.1, -0.05) is 12.8 Å². The Hall–Kier alpha value is -1.34. The van der Waals surface area contributed by atoms with Crippen molar-refractivity contribution in [2.75, 3.05) is 6.54 Å². The number of rotatable bonds is 5. The van der Waals surface area contributed by atoms with E-state index in [0.29, 0.717) is 13.1 Å². The van der Waals surface area contributed by atoms with Gasteiger partial charge in [-0.05, 0) is 13.3 Å². The molecule has 0 aliphatic heterocycles. The predicted octanol–water partition coefficient (Wildman–Crippen LogP) is 0.719. The Bertz CT molecular complexity index is 321. The van der Waals surface area contributed by atoms with Gasteiger partial charge in [-0.3, -0.25) is 5.32 Å². The zero-order valence-corrected chi connectivity index (χ0v) is 8.75. The number of nitrogens with zero attached hydrogens (tertiary/aromatic N) is 3. The normalized spacial score (nSPS) is 10.1. The molecule has 0 saturated carbocycles. The minimum absolute atomic E-state index is 0.567. The molecule has 4 heteroatoms. The van der Waals surface area contributed by atoms with Gasteiger partial charge in [0, 0.05) is 6.54 Å². The predicted molar refractivity (Wildman–Crippen MR) is 55.6 cm³/mol. The van der Waals surface area contributed by atoms with Gasteiger partial charge in [0.1, 0.15) is 11.6 Å². The number of hydrogen-bond donors (Lipinski definition) is 1. The van der Waals surface area contributed by atoms with Crippen LogP contribution in [0.1, 0.15) is 25.0 Å². The van der Waals surface area contributed by atoms with E-state index in [4.69, 9.17) is 6.42 Å². The topological polar surface area (TPSA) is 42.7 Å². The van der Waals surface area contributed by atoms with Crippen molar-refractivity contribution >= 4 is 0 Å². The van der Waals surface area contributed by atoms with Gasteiger partial charge in [-0.25, -0.2) is 0 Å². The zero-order chi connectivity index (χ0) is 10.4. The third-order valence-electron chi connectivity index (χ3n) is 1.97. The first-order chi connectivity index (χ1) is 6.79. The lowest BCUT2D eigenvalue weighted by atomic mass is 10.4. The molecule has 76 valence electrons. The molecule has 0 amide bonds. The lowest BCUT2D eigenvalue weighted by Crippen LogP contribution is -2.17. The van der Waals surface area contributed by atoms with Crippen molar-refractivity contribution in [1.82, 2.24) is 20.1 Å². The van der Waals surface area contributed by atoms with E-state index in [1.165, 1.54) is 0 Å². The van der Waals surface area contributed by atoms with Gasteiger partial charge >= 0.3 is 0 Å². The number of aryl methyl sites for hydroxylation is 1. The summed E-state index contributed by atoms with van der Waals surface area (Å²) in [6.45, 7) is 6.32. The van der Waals surface area contributed by atoms with Crippen LogP contribution in [-0.2, 0) is 13.1 Å². The summed E-state index contributed by atoms with van der Waals surface area (Å²) in [5.41, 5.74) is 0. The Morgan fingerprint density at radius 3 is 2.93 bits per heavy atom. The van der Waals surface area contributed by atoms with Crippen molar-refractivity contribution < 1.29 is 0 Å². The molecule has 0 saturated heterocycles. The summed E-state index contributed by atoms with van der Waals surface area (Å²) in [6, 6.07) is 0. The van der Waals surface area contributed by atoms with Gasteiger partial charge in [0.05, 0.1) is 13.1 Å². The highest BCUT2D eigenvalue weighted by Gasteiger charge is 2.06. The van der Waals surface area contributed by atoms with E-state index in [9.17, 15) is 0 Å². The average Bonchev–Trinajstić information content (AvgIpc) is 2.51. The second kappa shape index (κ2) is 5.40. The maximum Gasteiger partial charge on any atom is 0.147 e. The fraction of sp³-hybridized carbons (Fsp3) is 0.600. The van der Waals surface area contributed by atoms with E-state index in [-0.39, 0.29) is 0 Å². The van der Waals surface area contributed by atoms with Crippen molar-refractivity contribution in [2.24, 2.45) is 0 Å². The van der Waals surface area contributed by atoms with Crippen LogP contribution in [0.15, 0.2) is 0 Å². The van der Waals surface area contributed by atoms with Crippen LogP contribution in [0.2, 0.25) is 0 Å². The Morgan fingerprint density at radius 1 is 1.50 bits per heavy atom. The Kier molecular flexibility index (Phi) is 4.14. The van der Waals surface area contributed by atoms with E-state index < -0.39 is 0 Å². The van der Waals surface area contributed by atoms with Crippen LogP contribution < -0.4 is 5.32 Å². The number of aromatic nitrogens is 3. The number of nitrogens with one attached hydrogen (secondary N) is 1. The van der Waals surface area contributed by atoms with E-state index in [2.05, 4.69) is 32.9 Å². The third-order valence-corrected chi connectivity index (χ3v) is 1.97. The standard InChI is InChI=1S/C10H16N4/c1-4-6-11-8-10-13-12-9(3)14(10)7-5-2/h1,11H,5-8H2,2-3H3. The minimum atomic E-state index is 0.567. The fourth-order valence-electron chi connectivity index (χ4n) is 1.32. The van der Waals surface area contributed by atoms with E-state index in [0.717, 1.165) is 24.6 Å². The molecule has 1 rings (SSSR count). The zero-order valence-electron chi connectivity index (χ0n) is 8.75.